The number of nitrogens with zero attached hydrogens (tertiary/aromatic N) is 2. The van der Waals surface area contributed by atoms with Crippen LogP contribution in [0.4, 0.5) is 0 Å². The highest BCUT2D eigenvalue weighted by atomic mass is 16.5. The fourth-order valence-electron chi connectivity index (χ4n) is 2.61. The van der Waals surface area contributed by atoms with Crippen molar-refractivity contribution >= 4 is 11.6 Å². The van der Waals surface area contributed by atoms with E-state index in [0.29, 0.717) is 11.6 Å². The molecule has 0 unspecified atom stereocenters. The Morgan fingerprint density at radius 3 is 2.86 bits per heavy atom. The van der Waals surface area contributed by atoms with Gasteiger partial charge in [-0.3, -0.25) is 9.20 Å². The smallest absolute Gasteiger partial charge is 0.270 e. The summed E-state index contributed by atoms with van der Waals surface area (Å²) in [5.41, 5.74) is 2.59. The second kappa shape index (κ2) is 5.85. The van der Waals surface area contributed by atoms with Gasteiger partial charge >= 0.3 is 0 Å². The monoisotopic (exact) mass is 287 g/mol. The van der Waals surface area contributed by atoms with Crippen LogP contribution < -0.4 is 5.32 Å². The molecule has 5 nitrogen and oxygen atoms in total. The summed E-state index contributed by atoms with van der Waals surface area (Å²) in [6.45, 7) is 5.71. The van der Waals surface area contributed by atoms with Gasteiger partial charge in [0.25, 0.3) is 5.91 Å². The molecule has 1 aliphatic heterocycles. The van der Waals surface area contributed by atoms with Crippen LogP contribution in [0.25, 0.3) is 5.65 Å². The molecule has 1 amide bonds. The van der Waals surface area contributed by atoms with Crippen LogP contribution in [0.5, 0.6) is 0 Å². The summed E-state index contributed by atoms with van der Waals surface area (Å²) >= 11 is 0. The Kier molecular flexibility index (Phi) is 3.92. The van der Waals surface area contributed by atoms with Crippen molar-refractivity contribution in [2.45, 2.75) is 38.6 Å². The average Bonchev–Trinajstić information content (AvgIpc) is 2.91. The summed E-state index contributed by atoms with van der Waals surface area (Å²) in [6.07, 6.45) is 5.40. The largest absolute Gasteiger partial charge is 0.381 e. The Morgan fingerprint density at radius 1 is 1.38 bits per heavy atom. The molecule has 2 aromatic rings. The molecule has 1 fully saturated rings. The van der Waals surface area contributed by atoms with Gasteiger partial charge in [-0.15, -0.1) is 0 Å². The zero-order valence-corrected chi connectivity index (χ0v) is 12.5. The number of ether oxygens (including phenoxy) is 1. The first-order chi connectivity index (χ1) is 10.1. The lowest BCUT2D eigenvalue weighted by molar-refractivity contribution is 0.0693. The molecule has 0 spiro atoms. The highest BCUT2D eigenvalue weighted by molar-refractivity contribution is 5.93. The normalized spacial score (nSPS) is 16.5. The summed E-state index contributed by atoms with van der Waals surface area (Å²) in [5.74, 6) is 0.360. The molecule has 1 N–H and O–H groups in total. The van der Waals surface area contributed by atoms with Crippen molar-refractivity contribution in [1.29, 1.82) is 0 Å². The van der Waals surface area contributed by atoms with E-state index in [1.165, 1.54) is 5.56 Å². The van der Waals surface area contributed by atoms with E-state index in [-0.39, 0.29) is 11.9 Å². The number of pyridine rings is 1. The maximum absolute atomic E-state index is 12.5. The Hall–Kier alpha value is -1.88. The number of imidazole rings is 1. The van der Waals surface area contributed by atoms with Crippen molar-refractivity contribution in [1.82, 2.24) is 14.7 Å². The molecule has 0 saturated carbocycles. The van der Waals surface area contributed by atoms with E-state index >= 15 is 0 Å². The minimum absolute atomic E-state index is 0.0599. The first kappa shape index (κ1) is 14.1. The quantitative estimate of drug-likeness (QED) is 0.943. The number of nitrogens with one attached hydrogen (secondary N) is 1. The van der Waals surface area contributed by atoms with Crippen LogP contribution in [0.2, 0.25) is 0 Å². The van der Waals surface area contributed by atoms with Gasteiger partial charge in [0, 0.05) is 25.5 Å². The summed E-state index contributed by atoms with van der Waals surface area (Å²) in [6, 6.07) is 4.22. The Labute approximate surface area is 124 Å². The predicted octanol–water partition coefficient (Wildman–Crippen LogP) is 2.37. The number of carbonyl (C=O) groups is 1. The van der Waals surface area contributed by atoms with E-state index < -0.39 is 0 Å². The first-order valence-electron chi connectivity index (χ1n) is 7.51. The van der Waals surface area contributed by atoms with Crippen molar-refractivity contribution in [3.63, 3.8) is 0 Å². The minimum atomic E-state index is -0.0599. The van der Waals surface area contributed by atoms with Gasteiger partial charge in [-0.25, -0.2) is 4.98 Å². The van der Waals surface area contributed by atoms with Crippen LogP contribution in [-0.2, 0) is 4.74 Å². The van der Waals surface area contributed by atoms with Crippen LogP contribution in [0, 0.1) is 0 Å². The SMILES string of the molecule is CC(C)c1ccc2ncc(C(=O)NC3CCOCC3)n2c1. The van der Waals surface area contributed by atoms with Crippen molar-refractivity contribution in [3.05, 3.63) is 35.8 Å². The van der Waals surface area contributed by atoms with Gasteiger partial charge in [0.1, 0.15) is 11.3 Å². The molecule has 2 aromatic heterocycles. The van der Waals surface area contributed by atoms with Gasteiger partial charge in [0.05, 0.1) is 6.20 Å². The van der Waals surface area contributed by atoms with Crippen LogP contribution in [0.3, 0.4) is 0 Å². The van der Waals surface area contributed by atoms with Crippen LogP contribution in [-0.4, -0.2) is 34.5 Å². The molecule has 0 bridgehead atoms. The first-order valence-corrected chi connectivity index (χ1v) is 7.51. The molecule has 1 saturated heterocycles. The zero-order chi connectivity index (χ0) is 14.8. The molecule has 21 heavy (non-hydrogen) atoms. The molecule has 0 atom stereocenters. The van der Waals surface area contributed by atoms with Crippen LogP contribution in [0.15, 0.2) is 24.5 Å². The standard InChI is InChI=1S/C16H21N3O2/c1-11(2)12-3-4-15-17-9-14(19(15)10-12)16(20)18-13-5-7-21-8-6-13/h3-4,9-11,13H,5-8H2,1-2H3,(H,18,20). The predicted molar refractivity (Wildman–Crippen MR) is 80.6 cm³/mol. The third-order valence-corrected chi connectivity index (χ3v) is 3.98. The second-order valence-electron chi connectivity index (χ2n) is 5.85. The summed E-state index contributed by atoms with van der Waals surface area (Å²) in [5, 5.41) is 3.08. The third kappa shape index (κ3) is 2.93. The van der Waals surface area contributed by atoms with Gasteiger partial charge < -0.3 is 10.1 Å². The molecule has 3 heterocycles. The Bertz CT molecular complexity index is 642. The number of rotatable bonds is 3. The Morgan fingerprint density at radius 2 is 2.14 bits per heavy atom. The fourth-order valence-corrected chi connectivity index (χ4v) is 2.61. The van der Waals surface area contributed by atoms with Crippen molar-refractivity contribution in [2.24, 2.45) is 0 Å². The van der Waals surface area contributed by atoms with Crippen molar-refractivity contribution in [2.75, 3.05) is 13.2 Å². The topological polar surface area (TPSA) is 55.6 Å². The molecular weight excluding hydrogens is 266 g/mol. The van der Waals surface area contributed by atoms with Gasteiger partial charge in [-0.1, -0.05) is 19.9 Å². The highest BCUT2D eigenvalue weighted by Gasteiger charge is 2.19. The van der Waals surface area contributed by atoms with E-state index in [0.717, 1.165) is 31.7 Å². The van der Waals surface area contributed by atoms with E-state index in [2.05, 4.69) is 30.2 Å². The number of aromatic nitrogens is 2. The van der Waals surface area contributed by atoms with E-state index in [4.69, 9.17) is 4.74 Å². The molecule has 3 rings (SSSR count). The van der Waals surface area contributed by atoms with E-state index in [1.807, 2.05) is 16.7 Å². The molecular formula is C16H21N3O2. The number of hydrogen-bond acceptors (Lipinski definition) is 3. The molecule has 5 heteroatoms. The summed E-state index contributed by atoms with van der Waals surface area (Å²) < 4.78 is 7.19. The maximum Gasteiger partial charge on any atom is 0.270 e. The van der Waals surface area contributed by atoms with Crippen molar-refractivity contribution < 1.29 is 9.53 Å². The van der Waals surface area contributed by atoms with Gasteiger partial charge in [-0.05, 0) is 30.4 Å². The van der Waals surface area contributed by atoms with Gasteiger partial charge in [0.2, 0.25) is 0 Å². The summed E-state index contributed by atoms with van der Waals surface area (Å²) in [7, 11) is 0. The lowest BCUT2D eigenvalue weighted by Crippen LogP contribution is -2.39. The molecule has 112 valence electrons. The van der Waals surface area contributed by atoms with Gasteiger partial charge in [-0.2, -0.15) is 0 Å². The highest BCUT2D eigenvalue weighted by Crippen LogP contribution is 2.17. The molecule has 1 aliphatic rings. The third-order valence-electron chi connectivity index (χ3n) is 3.98. The van der Waals surface area contributed by atoms with Crippen molar-refractivity contribution in [3.8, 4) is 0 Å². The minimum Gasteiger partial charge on any atom is -0.381 e. The fraction of sp³-hybridized carbons (Fsp3) is 0.500. The van der Waals surface area contributed by atoms with Crippen LogP contribution >= 0.6 is 0 Å². The Balaban J connectivity index is 1.85. The molecule has 0 aliphatic carbocycles. The van der Waals surface area contributed by atoms with Crippen LogP contribution in [0.1, 0.15) is 48.7 Å². The zero-order valence-electron chi connectivity index (χ0n) is 12.5. The van der Waals surface area contributed by atoms with Gasteiger partial charge in [0.15, 0.2) is 0 Å². The van der Waals surface area contributed by atoms with E-state index in [1.54, 1.807) is 6.20 Å². The summed E-state index contributed by atoms with van der Waals surface area (Å²) in [4.78, 5) is 16.8. The second-order valence-corrected chi connectivity index (χ2v) is 5.85. The molecule has 0 aromatic carbocycles. The number of fused-ring (bicyclic) bond motifs is 1. The average molecular weight is 287 g/mol. The lowest BCUT2D eigenvalue weighted by atomic mass is 10.1. The molecule has 0 radical (unpaired) electrons. The number of hydrogen-bond donors (Lipinski definition) is 1. The van der Waals surface area contributed by atoms with E-state index in [9.17, 15) is 4.79 Å². The lowest BCUT2D eigenvalue weighted by Gasteiger charge is -2.22. The maximum atomic E-state index is 12.5. The number of carbonyl (C=O) groups excluding carboxylic acids is 1. The number of amides is 1.